The van der Waals surface area contributed by atoms with Crippen LogP contribution in [0.25, 0.3) is 0 Å². The van der Waals surface area contributed by atoms with Gasteiger partial charge in [-0.25, -0.2) is 0 Å². The van der Waals surface area contributed by atoms with Gasteiger partial charge in [-0.1, -0.05) is 23.9 Å². The highest BCUT2D eigenvalue weighted by Crippen LogP contribution is 2.29. The number of phenolic OH excluding ortho intramolecular Hbond substituents is 1. The molecule has 15 heavy (non-hydrogen) atoms. The fourth-order valence-electron chi connectivity index (χ4n) is 1.16. The van der Waals surface area contributed by atoms with E-state index >= 15 is 0 Å². The molecule has 3 heteroatoms. The van der Waals surface area contributed by atoms with Crippen LogP contribution in [0, 0.1) is 0 Å². The zero-order valence-corrected chi connectivity index (χ0v) is 8.70. The molecule has 0 aliphatic rings. The summed E-state index contributed by atoms with van der Waals surface area (Å²) in [6.07, 6.45) is 0. The van der Waals surface area contributed by atoms with Crippen molar-refractivity contribution in [2.24, 2.45) is 0 Å². The summed E-state index contributed by atoms with van der Waals surface area (Å²) < 4.78 is 0. The second kappa shape index (κ2) is 4.28. The Morgan fingerprint density at radius 2 is 1.27 bits per heavy atom. The Balaban J connectivity index is 2.15. The molecule has 2 aromatic carbocycles. The van der Waals surface area contributed by atoms with Gasteiger partial charge in [0.15, 0.2) is 0 Å². The molecule has 1 N–H and O–H groups in total. The maximum Gasteiger partial charge on any atom is 0.115 e. The molecule has 0 saturated carbocycles. The lowest BCUT2D eigenvalue weighted by Gasteiger charge is -2.06. The molecular formula is C12H9O2S-. The first-order valence-electron chi connectivity index (χ1n) is 4.48. The zero-order chi connectivity index (χ0) is 10.7. The molecule has 2 aromatic rings. The van der Waals surface area contributed by atoms with Crippen molar-refractivity contribution in [3.8, 4) is 11.5 Å². The van der Waals surface area contributed by atoms with E-state index in [1.165, 1.54) is 0 Å². The number of rotatable bonds is 2. The Labute approximate surface area is 92.2 Å². The molecule has 2 nitrogen and oxygen atoms in total. The average molecular weight is 217 g/mol. The van der Waals surface area contributed by atoms with Gasteiger partial charge in [0.1, 0.15) is 5.75 Å². The molecule has 0 spiro atoms. The number of aromatic hydroxyl groups is 1. The van der Waals surface area contributed by atoms with Crippen LogP contribution in [-0.4, -0.2) is 5.11 Å². The van der Waals surface area contributed by atoms with Crippen LogP contribution in [0.1, 0.15) is 0 Å². The molecule has 0 aliphatic carbocycles. The van der Waals surface area contributed by atoms with Crippen LogP contribution in [0.2, 0.25) is 0 Å². The van der Waals surface area contributed by atoms with E-state index in [1.807, 2.05) is 12.1 Å². The zero-order valence-electron chi connectivity index (χ0n) is 7.88. The van der Waals surface area contributed by atoms with Crippen LogP contribution in [0.5, 0.6) is 11.5 Å². The number of hydrogen-bond donors (Lipinski definition) is 1. The average Bonchev–Trinajstić information content (AvgIpc) is 2.25. The van der Waals surface area contributed by atoms with Gasteiger partial charge in [0.25, 0.3) is 0 Å². The van der Waals surface area contributed by atoms with Crippen molar-refractivity contribution in [3.63, 3.8) is 0 Å². The van der Waals surface area contributed by atoms with E-state index < -0.39 is 0 Å². The number of hydrogen-bond acceptors (Lipinski definition) is 3. The minimum Gasteiger partial charge on any atom is -0.872 e. The minimum absolute atomic E-state index is 0.0186. The van der Waals surface area contributed by atoms with E-state index in [-0.39, 0.29) is 11.5 Å². The van der Waals surface area contributed by atoms with Gasteiger partial charge in [-0.05, 0) is 36.4 Å². The third-order valence-corrected chi connectivity index (χ3v) is 2.91. The summed E-state index contributed by atoms with van der Waals surface area (Å²) in [7, 11) is 0. The first kappa shape index (κ1) is 9.93. The monoisotopic (exact) mass is 217 g/mol. The summed E-state index contributed by atoms with van der Waals surface area (Å²) in [6, 6.07) is 13.6. The molecule has 0 unspecified atom stereocenters. The third-order valence-electron chi connectivity index (χ3n) is 1.90. The second-order valence-corrected chi connectivity index (χ2v) is 4.21. The Morgan fingerprint density at radius 3 is 1.80 bits per heavy atom. The van der Waals surface area contributed by atoms with Crippen molar-refractivity contribution in [3.05, 3.63) is 48.5 Å². The predicted molar refractivity (Wildman–Crippen MR) is 58.1 cm³/mol. The van der Waals surface area contributed by atoms with Crippen molar-refractivity contribution in [1.82, 2.24) is 0 Å². The summed E-state index contributed by atoms with van der Waals surface area (Å²) >= 11 is 1.55. The summed E-state index contributed by atoms with van der Waals surface area (Å²) in [5, 5.41) is 20.0. The standard InChI is InChI=1S/C12H10O2S/c13-9-1-5-11(6-2-9)15-12-7-3-10(14)4-8-12/h1-8,13-14H/p-1. The molecule has 0 heterocycles. The lowest BCUT2D eigenvalue weighted by molar-refractivity contribution is -0.268. The quantitative estimate of drug-likeness (QED) is 0.840. The molecule has 0 fully saturated rings. The second-order valence-electron chi connectivity index (χ2n) is 3.07. The van der Waals surface area contributed by atoms with Gasteiger partial charge in [-0.15, -0.1) is 5.75 Å². The molecule has 0 amide bonds. The minimum atomic E-state index is 0.0186. The normalized spacial score (nSPS) is 10.1. The lowest BCUT2D eigenvalue weighted by atomic mass is 10.3. The van der Waals surface area contributed by atoms with Gasteiger partial charge in [-0.3, -0.25) is 0 Å². The molecule has 0 atom stereocenters. The number of phenols is 1. The van der Waals surface area contributed by atoms with Crippen molar-refractivity contribution in [2.75, 3.05) is 0 Å². The first-order valence-corrected chi connectivity index (χ1v) is 5.30. The van der Waals surface area contributed by atoms with Gasteiger partial charge in [0.05, 0.1) is 0 Å². The Kier molecular flexibility index (Phi) is 2.83. The van der Waals surface area contributed by atoms with Gasteiger partial charge < -0.3 is 10.2 Å². The lowest BCUT2D eigenvalue weighted by Crippen LogP contribution is -1.87. The van der Waals surface area contributed by atoms with Crippen molar-refractivity contribution < 1.29 is 10.2 Å². The van der Waals surface area contributed by atoms with Gasteiger partial charge in [0.2, 0.25) is 0 Å². The predicted octanol–water partition coefficient (Wildman–Crippen LogP) is 2.62. The molecule has 0 radical (unpaired) electrons. The fourth-order valence-corrected chi connectivity index (χ4v) is 1.97. The molecule has 0 bridgehead atoms. The Bertz CT molecular complexity index is 391. The first-order chi connectivity index (χ1) is 7.24. The summed E-state index contributed by atoms with van der Waals surface area (Å²) in [6.45, 7) is 0. The Morgan fingerprint density at radius 1 is 0.800 bits per heavy atom. The molecular weight excluding hydrogens is 208 g/mol. The summed E-state index contributed by atoms with van der Waals surface area (Å²) in [4.78, 5) is 2.05. The molecule has 76 valence electrons. The van der Waals surface area contributed by atoms with E-state index in [4.69, 9.17) is 5.11 Å². The SMILES string of the molecule is [O-]c1ccc(Sc2ccc(O)cc2)cc1. The smallest absolute Gasteiger partial charge is 0.115 e. The van der Waals surface area contributed by atoms with E-state index in [9.17, 15) is 5.11 Å². The molecule has 0 aromatic heterocycles. The van der Waals surface area contributed by atoms with Gasteiger partial charge in [0, 0.05) is 9.79 Å². The van der Waals surface area contributed by atoms with E-state index in [2.05, 4.69) is 0 Å². The highest BCUT2D eigenvalue weighted by Gasteiger charge is 1.96. The topological polar surface area (TPSA) is 43.3 Å². The van der Waals surface area contributed by atoms with Crippen LogP contribution in [0.4, 0.5) is 0 Å². The van der Waals surface area contributed by atoms with Crippen LogP contribution < -0.4 is 5.11 Å². The molecule has 2 rings (SSSR count). The fraction of sp³-hybridized carbons (Fsp3) is 0. The molecule has 0 aliphatic heterocycles. The van der Waals surface area contributed by atoms with Gasteiger partial charge >= 0.3 is 0 Å². The van der Waals surface area contributed by atoms with Crippen LogP contribution >= 0.6 is 11.8 Å². The van der Waals surface area contributed by atoms with Crippen molar-refractivity contribution in [2.45, 2.75) is 9.79 Å². The third kappa shape index (κ3) is 2.67. The maximum absolute atomic E-state index is 10.9. The highest BCUT2D eigenvalue weighted by atomic mass is 32.2. The summed E-state index contributed by atoms with van der Waals surface area (Å²) in [5.74, 6) is 0.277. The molecule has 0 saturated heterocycles. The van der Waals surface area contributed by atoms with Crippen LogP contribution in [0.3, 0.4) is 0 Å². The Hall–Kier alpha value is -1.61. The van der Waals surface area contributed by atoms with Crippen LogP contribution in [0.15, 0.2) is 58.3 Å². The van der Waals surface area contributed by atoms with E-state index in [0.29, 0.717) is 0 Å². The van der Waals surface area contributed by atoms with Gasteiger partial charge in [-0.2, -0.15) is 0 Å². The number of benzene rings is 2. The van der Waals surface area contributed by atoms with E-state index in [0.717, 1.165) is 9.79 Å². The van der Waals surface area contributed by atoms with E-state index in [1.54, 1.807) is 48.2 Å². The maximum atomic E-state index is 10.9. The van der Waals surface area contributed by atoms with Crippen LogP contribution in [-0.2, 0) is 0 Å². The largest absolute Gasteiger partial charge is 0.872 e. The summed E-state index contributed by atoms with van der Waals surface area (Å²) in [5.41, 5.74) is 0. The highest BCUT2D eigenvalue weighted by molar-refractivity contribution is 7.99. The van der Waals surface area contributed by atoms with Crippen molar-refractivity contribution >= 4 is 11.8 Å². The van der Waals surface area contributed by atoms with Crippen molar-refractivity contribution in [1.29, 1.82) is 0 Å².